The molecular weight excluding hydrogens is 440 g/mol. The number of aliphatic hydroxyl groups is 3. The summed E-state index contributed by atoms with van der Waals surface area (Å²) in [7, 11) is 1.40. The second-order valence-corrected chi connectivity index (χ2v) is 7.38. The highest BCUT2D eigenvalue weighted by atomic mass is 16.7. The fourth-order valence-electron chi connectivity index (χ4n) is 3.52. The Hall–Kier alpha value is -3.64. The first-order chi connectivity index (χ1) is 15.7. The first-order valence-electron chi connectivity index (χ1n) is 9.73. The average molecular weight is 460 g/mol. The molecule has 11 nitrogen and oxygen atoms in total. The number of rotatable bonds is 5. The summed E-state index contributed by atoms with van der Waals surface area (Å²) in [6, 6.07) is 8.57. The fraction of sp³-hybridized carbons (Fsp3) is 0.273. The zero-order valence-electron chi connectivity index (χ0n) is 17.1. The van der Waals surface area contributed by atoms with Gasteiger partial charge in [-0.3, -0.25) is 4.79 Å². The molecule has 1 aliphatic rings. The van der Waals surface area contributed by atoms with Gasteiger partial charge in [0, 0.05) is 6.07 Å². The quantitative estimate of drug-likeness (QED) is 0.357. The van der Waals surface area contributed by atoms with E-state index in [2.05, 4.69) is 0 Å². The van der Waals surface area contributed by atoms with E-state index in [1.807, 2.05) is 0 Å². The molecule has 2 aromatic carbocycles. The summed E-state index contributed by atoms with van der Waals surface area (Å²) in [5, 5.41) is 49.1. The molecule has 1 aromatic heterocycles. The van der Waals surface area contributed by atoms with E-state index in [1.54, 1.807) is 6.07 Å². The molecule has 5 N–H and O–H groups in total. The number of phenols is 1. The van der Waals surface area contributed by atoms with E-state index < -0.39 is 36.7 Å². The number of fused-ring (bicyclic) bond motifs is 1. The summed E-state index contributed by atoms with van der Waals surface area (Å²) < 4.78 is 21.1. The number of hydrogen-bond acceptors (Lipinski definition) is 10. The summed E-state index contributed by atoms with van der Waals surface area (Å²) in [6.07, 6.45) is -7.59. The Morgan fingerprint density at radius 2 is 1.79 bits per heavy atom. The zero-order chi connectivity index (χ0) is 23.9. The minimum absolute atomic E-state index is 0.0530. The fourth-order valence-corrected chi connectivity index (χ4v) is 3.52. The van der Waals surface area contributed by atoms with Crippen molar-refractivity contribution in [3.63, 3.8) is 0 Å². The molecule has 0 spiro atoms. The van der Waals surface area contributed by atoms with Crippen molar-refractivity contribution in [1.29, 1.82) is 0 Å². The van der Waals surface area contributed by atoms with Gasteiger partial charge in [0.15, 0.2) is 23.0 Å². The van der Waals surface area contributed by atoms with Crippen LogP contribution in [-0.4, -0.2) is 69.3 Å². The second kappa shape index (κ2) is 8.71. The van der Waals surface area contributed by atoms with Crippen LogP contribution in [0.4, 0.5) is 0 Å². The third kappa shape index (κ3) is 4.10. The lowest BCUT2D eigenvalue weighted by atomic mass is 9.99. The molecule has 3 aromatic rings. The van der Waals surface area contributed by atoms with Crippen LogP contribution >= 0.6 is 0 Å². The smallest absolute Gasteiger partial charge is 0.335 e. The molecule has 2 heterocycles. The largest absolute Gasteiger partial charge is 0.504 e. The van der Waals surface area contributed by atoms with Gasteiger partial charge in [0.05, 0.1) is 18.1 Å². The van der Waals surface area contributed by atoms with Crippen molar-refractivity contribution in [2.45, 2.75) is 30.7 Å². The lowest BCUT2D eigenvalue weighted by molar-refractivity contribution is -0.271. The van der Waals surface area contributed by atoms with E-state index in [0.29, 0.717) is 5.56 Å². The van der Waals surface area contributed by atoms with E-state index in [0.717, 1.165) is 0 Å². The van der Waals surface area contributed by atoms with Crippen LogP contribution in [-0.2, 0) is 9.53 Å². The number of ether oxygens (including phenoxy) is 3. The van der Waals surface area contributed by atoms with Crippen LogP contribution in [0.15, 0.2) is 51.9 Å². The summed E-state index contributed by atoms with van der Waals surface area (Å²) in [6.45, 7) is 0. The van der Waals surface area contributed by atoms with Gasteiger partial charge in [0.1, 0.15) is 35.9 Å². The van der Waals surface area contributed by atoms with E-state index in [1.165, 1.54) is 43.7 Å². The number of phenolic OH excluding ortho intramolecular Hbond substituents is 1. The molecule has 0 aliphatic carbocycles. The highest BCUT2D eigenvalue weighted by Gasteiger charge is 2.48. The first-order valence-corrected chi connectivity index (χ1v) is 9.73. The van der Waals surface area contributed by atoms with Gasteiger partial charge in [-0.15, -0.1) is 0 Å². The number of aliphatic hydroxyl groups excluding tert-OH is 3. The van der Waals surface area contributed by atoms with E-state index >= 15 is 0 Å². The van der Waals surface area contributed by atoms with Crippen LogP contribution in [0.2, 0.25) is 0 Å². The van der Waals surface area contributed by atoms with Gasteiger partial charge in [0.25, 0.3) is 0 Å². The third-order valence-corrected chi connectivity index (χ3v) is 5.30. The van der Waals surface area contributed by atoms with Crippen molar-refractivity contribution in [1.82, 2.24) is 0 Å². The van der Waals surface area contributed by atoms with Crippen LogP contribution < -0.4 is 14.9 Å². The SMILES string of the molecule is COc1ccc(-c2coc3cc(OC4OC(C(=O)O)C(O)C(O)C4O)ccc3c2=O)cc1O. The van der Waals surface area contributed by atoms with Crippen molar-refractivity contribution in [2.75, 3.05) is 7.11 Å². The number of methoxy groups -OCH3 is 1. The number of aliphatic carboxylic acids is 1. The highest BCUT2D eigenvalue weighted by Crippen LogP contribution is 2.32. The van der Waals surface area contributed by atoms with Crippen molar-refractivity contribution in [2.24, 2.45) is 0 Å². The molecule has 0 amide bonds. The highest BCUT2D eigenvalue weighted by molar-refractivity contribution is 5.83. The maximum atomic E-state index is 12.9. The minimum atomic E-state index is -1.84. The topological polar surface area (TPSA) is 176 Å². The van der Waals surface area contributed by atoms with Crippen LogP contribution in [0.5, 0.6) is 17.2 Å². The second-order valence-electron chi connectivity index (χ2n) is 7.38. The molecule has 0 radical (unpaired) electrons. The molecule has 1 aliphatic heterocycles. The molecule has 0 bridgehead atoms. The summed E-state index contributed by atoms with van der Waals surface area (Å²) in [5.41, 5.74) is 0.349. The lowest BCUT2D eigenvalue weighted by Gasteiger charge is -2.38. The number of carboxylic acids is 1. The van der Waals surface area contributed by atoms with Crippen LogP contribution in [0.3, 0.4) is 0 Å². The molecule has 0 saturated carbocycles. The monoisotopic (exact) mass is 460 g/mol. The van der Waals surface area contributed by atoms with Crippen LogP contribution in [0.25, 0.3) is 22.1 Å². The summed E-state index contributed by atoms with van der Waals surface area (Å²) in [5.74, 6) is -1.38. The standard InChI is InChI=1S/C22H20O11/c1-30-14-5-2-9(6-13(14)23)12-8-31-15-7-10(3-4-11(15)16(12)24)32-22-19(27)17(25)18(26)20(33-22)21(28)29/h2-8,17-20,22-23,25-27H,1H3,(H,28,29). The normalized spacial score (nSPS) is 25.0. The summed E-state index contributed by atoms with van der Waals surface area (Å²) >= 11 is 0. The molecule has 174 valence electrons. The van der Waals surface area contributed by atoms with Gasteiger partial charge in [0.2, 0.25) is 6.29 Å². The van der Waals surface area contributed by atoms with E-state index in [-0.39, 0.29) is 39.2 Å². The minimum Gasteiger partial charge on any atom is -0.504 e. The Morgan fingerprint density at radius 3 is 2.45 bits per heavy atom. The Bertz CT molecular complexity index is 1250. The van der Waals surface area contributed by atoms with Gasteiger partial charge in [-0.05, 0) is 29.8 Å². The van der Waals surface area contributed by atoms with Crippen molar-refractivity contribution >= 4 is 16.9 Å². The van der Waals surface area contributed by atoms with Crippen LogP contribution in [0, 0.1) is 0 Å². The molecular formula is C22H20O11. The molecule has 5 unspecified atom stereocenters. The maximum Gasteiger partial charge on any atom is 0.335 e. The molecule has 11 heteroatoms. The molecule has 1 fully saturated rings. The zero-order valence-corrected chi connectivity index (χ0v) is 17.1. The Labute approximate surface area is 185 Å². The lowest BCUT2D eigenvalue weighted by Crippen LogP contribution is -2.61. The number of carbonyl (C=O) groups is 1. The first kappa shape index (κ1) is 22.6. The number of benzene rings is 2. The number of aromatic hydroxyl groups is 1. The Kier molecular flexibility index (Phi) is 5.95. The average Bonchev–Trinajstić information content (AvgIpc) is 2.79. The van der Waals surface area contributed by atoms with Gasteiger partial charge in [-0.1, -0.05) is 6.07 Å². The molecule has 1 saturated heterocycles. The predicted molar refractivity (Wildman–Crippen MR) is 111 cm³/mol. The predicted octanol–water partition coefficient (Wildman–Crippen LogP) is 0.445. The third-order valence-electron chi connectivity index (χ3n) is 5.30. The molecule has 5 atom stereocenters. The van der Waals surface area contributed by atoms with Crippen molar-refractivity contribution in [3.8, 4) is 28.4 Å². The molecule has 33 heavy (non-hydrogen) atoms. The van der Waals surface area contributed by atoms with Gasteiger partial charge < -0.3 is 44.2 Å². The van der Waals surface area contributed by atoms with E-state index in [4.69, 9.17) is 23.7 Å². The van der Waals surface area contributed by atoms with Gasteiger partial charge in [-0.25, -0.2) is 4.79 Å². The van der Waals surface area contributed by atoms with Crippen molar-refractivity contribution in [3.05, 3.63) is 52.9 Å². The number of hydrogen-bond donors (Lipinski definition) is 5. The number of carboxylic acid groups (broad SMARTS) is 1. The Balaban J connectivity index is 1.63. The Morgan fingerprint density at radius 1 is 1.03 bits per heavy atom. The van der Waals surface area contributed by atoms with Crippen molar-refractivity contribution < 1.29 is 49.0 Å². The molecule has 4 rings (SSSR count). The van der Waals surface area contributed by atoms with E-state index in [9.17, 15) is 30.0 Å². The van der Waals surface area contributed by atoms with Gasteiger partial charge >= 0.3 is 5.97 Å². The summed E-state index contributed by atoms with van der Waals surface area (Å²) in [4.78, 5) is 24.2. The van der Waals surface area contributed by atoms with Gasteiger partial charge in [-0.2, -0.15) is 0 Å². The van der Waals surface area contributed by atoms with Crippen LogP contribution in [0.1, 0.15) is 0 Å². The maximum absolute atomic E-state index is 12.9.